The van der Waals surface area contributed by atoms with Crippen LogP contribution in [-0.2, 0) is 4.79 Å². The lowest BCUT2D eigenvalue weighted by atomic mass is 10.1. The molecule has 0 bridgehead atoms. The van der Waals surface area contributed by atoms with Crippen molar-refractivity contribution in [3.63, 3.8) is 0 Å². The summed E-state index contributed by atoms with van der Waals surface area (Å²) in [5, 5.41) is 10.1. The third-order valence-corrected chi connectivity index (χ3v) is 5.11. The van der Waals surface area contributed by atoms with Crippen molar-refractivity contribution in [2.45, 2.75) is 26.7 Å². The van der Waals surface area contributed by atoms with Gasteiger partial charge < -0.3 is 14.6 Å². The number of ether oxygens (including phenoxy) is 2. The van der Waals surface area contributed by atoms with E-state index in [1.807, 2.05) is 62.4 Å². The molecule has 0 amide bonds. The number of aromatic nitrogens is 1. The van der Waals surface area contributed by atoms with Crippen LogP contribution in [0.15, 0.2) is 42.5 Å². The van der Waals surface area contributed by atoms with E-state index in [-0.39, 0.29) is 6.42 Å². The third kappa shape index (κ3) is 4.70. The number of aliphatic carboxylic acids is 1. The van der Waals surface area contributed by atoms with Gasteiger partial charge in [0.25, 0.3) is 0 Å². The smallest absolute Gasteiger partial charge is 0.307 e. The minimum Gasteiger partial charge on any atom is -0.490 e. The van der Waals surface area contributed by atoms with Crippen LogP contribution in [0.3, 0.4) is 0 Å². The van der Waals surface area contributed by atoms with Gasteiger partial charge in [0.1, 0.15) is 5.01 Å². The predicted molar refractivity (Wildman–Crippen MR) is 113 cm³/mol. The minimum absolute atomic E-state index is 0.119. The van der Waals surface area contributed by atoms with E-state index in [4.69, 9.17) is 9.47 Å². The summed E-state index contributed by atoms with van der Waals surface area (Å²) in [7, 11) is 0. The van der Waals surface area contributed by atoms with Crippen LogP contribution in [0.2, 0.25) is 0 Å². The zero-order valence-corrected chi connectivity index (χ0v) is 16.8. The third-order valence-electron chi connectivity index (χ3n) is 4.00. The number of nitrogens with zero attached hydrogens (tertiary/aromatic N) is 1. The van der Waals surface area contributed by atoms with Crippen LogP contribution >= 0.6 is 11.3 Å². The maximum absolute atomic E-state index is 11.5. The summed E-state index contributed by atoms with van der Waals surface area (Å²) in [5.74, 6) is 0.390. The molecule has 0 unspecified atom stereocenters. The fraction of sp³-hybridized carbons (Fsp3) is 0.273. The molecule has 146 valence electrons. The molecule has 0 radical (unpaired) electrons. The van der Waals surface area contributed by atoms with E-state index in [0.717, 1.165) is 22.2 Å². The highest BCUT2D eigenvalue weighted by Crippen LogP contribution is 2.36. The molecule has 28 heavy (non-hydrogen) atoms. The van der Waals surface area contributed by atoms with Crippen LogP contribution in [0.25, 0.3) is 21.9 Å². The second-order valence-corrected chi connectivity index (χ2v) is 7.21. The number of hydrogen-bond acceptors (Lipinski definition) is 5. The van der Waals surface area contributed by atoms with Crippen molar-refractivity contribution in [3.8, 4) is 11.5 Å². The van der Waals surface area contributed by atoms with Crippen molar-refractivity contribution in [2.75, 3.05) is 13.2 Å². The van der Waals surface area contributed by atoms with Crippen LogP contribution in [-0.4, -0.2) is 29.3 Å². The second kappa shape index (κ2) is 9.37. The van der Waals surface area contributed by atoms with E-state index in [1.54, 1.807) is 0 Å². The normalized spacial score (nSPS) is 11.6. The number of thiazole rings is 1. The highest BCUT2D eigenvalue weighted by molar-refractivity contribution is 7.19. The first-order chi connectivity index (χ1) is 13.6. The van der Waals surface area contributed by atoms with Crippen LogP contribution in [0.5, 0.6) is 11.5 Å². The molecular weight excluding hydrogens is 374 g/mol. The van der Waals surface area contributed by atoms with Gasteiger partial charge in [0.2, 0.25) is 0 Å². The fourth-order valence-electron chi connectivity index (χ4n) is 2.82. The fourth-order valence-corrected chi connectivity index (χ4v) is 3.80. The maximum atomic E-state index is 11.5. The molecule has 0 atom stereocenters. The van der Waals surface area contributed by atoms with Gasteiger partial charge in [-0.25, -0.2) is 4.98 Å². The Bertz CT molecular complexity index is 960. The molecule has 0 aliphatic heterocycles. The summed E-state index contributed by atoms with van der Waals surface area (Å²) in [6.07, 6.45) is 2.59. The topological polar surface area (TPSA) is 68.7 Å². The highest BCUT2D eigenvalue weighted by Gasteiger charge is 2.16. The lowest BCUT2D eigenvalue weighted by Gasteiger charge is -2.14. The van der Waals surface area contributed by atoms with Gasteiger partial charge in [0, 0.05) is 5.56 Å². The summed E-state index contributed by atoms with van der Waals surface area (Å²) >= 11 is 1.49. The highest BCUT2D eigenvalue weighted by atomic mass is 32.1. The van der Waals surface area contributed by atoms with E-state index in [1.165, 1.54) is 11.3 Å². The van der Waals surface area contributed by atoms with Gasteiger partial charge in [-0.15, -0.1) is 11.3 Å². The molecule has 3 aromatic rings. The summed E-state index contributed by atoms with van der Waals surface area (Å²) in [6.45, 7) is 5.04. The first kappa shape index (κ1) is 19.9. The molecule has 3 rings (SSSR count). The van der Waals surface area contributed by atoms with Gasteiger partial charge in [-0.2, -0.15) is 0 Å². The molecule has 0 spiro atoms. The van der Waals surface area contributed by atoms with E-state index in [0.29, 0.717) is 35.3 Å². The largest absolute Gasteiger partial charge is 0.490 e. The van der Waals surface area contributed by atoms with E-state index in [9.17, 15) is 9.90 Å². The van der Waals surface area contributed by atoms with Crippen LogP contribution in [0, 0.1) is 0 Å². The molecular formula is C22H23NO4S. The molecule has 0 saturated carbocycles. The summed E-state index contributed by atoms with van der Waals surface area (Å²) < 4.78 is 12.7. The number of fused-ring (bicyclic) bond motifs is 1. The Labute approximate surface area is 168 Å². The number of carboxylic acids is 1. The van der Waals surface area contributed by atoms with Crippen LogP contribution in [0.1, 0.15) is 37.3 Å². The lowest BCUT2D eigenvalue weighted by molar-refractivity contribution is -0.135. The monoisotopic (exact) mass is 397 g/mol. The lowest BCUT2D eigenvalue weighted by Crippen LogP contribution is -2.02. The molecule has 6 heteroatoms. The standard InChI is InChI=1S/C22H23NO4S/c1-3-12-27-21-15(8-7-10-18(21)26-4-2)13-16(14-20(24)25)22-23-17-9-5-6-11-19(17)28-22/h5-11,13H,3-4,12,14H2,1-2H3,(H,24,25). The molecule has 0 fully saturated rings. The number of para-hydroxylation sites is 2. The van der Waals surface area contributed by atoms with Gasteiger partial charge in [-0.3, -0.25) is 4.79 Å². The quantitative estimate of drug-likeness (QED) is 0.516. The SMILES string of the molecule is CCCOc1c(C=C(CC(=O)O)c2nc3ccccc3s2)cccc1OCC. The summed E-state index contributed by atoms with van der Waals surface area (Å²) in [6, 6.07) is 13.4. The van der Waals surface area contributed by atoms with Crippen molar-refractivity contribution in [1.29, 1.82) is 0 Å². The van der Waals surface area contributed by atoms with E-state index in [2.05, 4.69) is 4.98 Å². The van der Waals surface area contributed by atoms with Crippen molar-refractivity contribution in [2.24, 2.45) is 0 Å². The average molecular weight is 397 g/mol. The van der Waals surface area contributed by atoms with Crippen molar-refractivity contribution in [3.05, 3.63) is 53.0 Å². The second-order valence-electron chi connectivity index (χ2n) is 6.18. The van der Waals surface area contributed by atoms with Crippen LogP contribution < -0.4 is 9.47 Å². The molecule has 0 saturated heterocycles. The Morgan fingerprint density at radius 1 is 1.14 bits per heavy atom. The van der Waals surface area contributed by atoms with Crippen molar-refractivity contribution >= 4 is 39.2 Å². The Balaban J connectivity index is 2.09. The number of carbonyl (C=O) groups is 1. The number of benzene rings is 2. The van der Waals surface area contributed by atoms with E-state index >= 15 is 0 Å². The average Bonchev–Trinajstić information content (AvgIpc) is 3.11. The van der Waals surface area contributed by atoms with Gasteiger partial charge in [0.15, 0.2) is 11.5 Å². The maximum Gasteiger partial charge on any atom is 0.307 e. The zero-order valence-electron chi connectivity index (χ0n) is 16.0. The minimum atomic E-state index is -0.900. The number of carboxylic acid groups (broad SMARTS) is 1. The molecule has 0 aliphatic rings. The molecule has 1 heterocycles. The first-order valence-corrected chi connectivity index (χ1v) is 10.1. The van der Waals surface area contributed by atoms with Gasteiger partial charge in [-0.1, -0.05) is 31.2 Å². The Morgan fingerprint density at radius 2 is 1.96 bits per heavy atom. The molecule has 2 aromatic carbocycles. The van der Waals surface area contributed by atoms with Gasteiger partial charge in [-0.05, 0) is 43.2 Å². The molecule has 1 N–H and O–H groups in total. The van der Waals surface area contributed by atoms with Crippen molar-refractivity contribution in [1.82, 2.24) is 4.98 Å². The van der Waals surface area contributed by atoms with E-state index < -0.39 is 5.97 Å². The molecule has 1 aromatic heterocycles. The number of hydrogen-bond donors (Lipinski definition) is 1. The Kier molecular flexibility index (Phi) is 6.66. The van der Waals surface area contributed by atoms with Gasteiger partial charge >= 0.3 is 5.97 Å². The zero-order chi connectivity index (χ0) is 19.9. The Hall–Kier alpha value is -2.86. The molecule has 5 nitrogen and oxygen atoms in total. The summed E-state index contributed by atoms with van der Waals surface area (Å²) in [5.41, 5.74) is 2.29. The Morgan fingerprint density at radius 3 is 2.68 bits per heavy atom. The summed E-state index contributed by atoms with van der Waals surface area (Å²) in [4.78, 5) is 16.1. The first-order valence-electron chi connectivity index (χ1n) is 9.29. The van der Waals surface area contributed by atoms with Crippen molar-refractivity contribution < 1.29 is 19.4 Å². The number of rotatable bonds is 9. The van der Waals surface area contributed by atoms with Gasteiger partial charge in [0.05, 0.1) is 29.9 Å². The predicted octanol–water partition coefficient (Wildman–Crippen LogP) is 5.50. The molecule has 0 aliphatic carbocycles. The van der Waals surface area contributed by atoms with Crippen LogP contribution in [0.4, 0.5) is 0 Å².